The van der Waals surface area contributed by atoms with Gasteiger partial charge in [-0.15, -0.1) is 15.3 Å². The largest absolute Gasteiger partial charge is 0.310 e. The quantitative estimate of drug-likeness (QED) is 0.450. The third-order valence-corrected chi connectivity index (χ3v) is 5.44. The van der Waals surface area contributed by atoms with Gasteiger partial charge in [0.1, 0.15) is 5.69 Å². The molecule has 150 valence electrons. The van der Waals surface area contributed by atoms with Crippen LogP contribution in [0.2, 0.25) is 0 Å². The Morgan fingerprint density at radius 3 is 2.68 bits per heavy atom. The lowest BCUT2D eigenvalue weighted by molar-refractivity contribution is 0.850. The van der Waals surface area contributed by atoms with E-state index < -0.39 is 0 Å². The Balaban J connectivity index is 1.42. The maximum Gasteiger partial charge on any atom is 0.272 e. The van der Waals surface area contributed by atoms with Gasteiger partial charge in [0.25, 0.3) is 5.78 Å². The maximum atomic E-state index is 4.80. The fourth-order valence-corrected chi connectivity index (χ4v) is 3.88. The lowest BCUT2D eigenvalue weighted by Crippen LogP contribution is -2.16. The van der Waals surface area contributed by atoms with E-state index in [1.54, 1.807) is 23.1 Å². The molecule has 1 aliphatic heterocycles. The molecule has 0 fully saturated rings. The summed E-state index contributed by atoms with van der Waals surface area (Å²) in [5.74, 6) is 1.67. The van der Waals surface area contributed by atoms with E-state index in [0.717, 1.165) is 29.9 Å². The maximum absolute atomic E-state index is 4.80. The van der Waals surface area contributed by atoms with E-state index in [1.165, 1.54) is 5.56 Å². The van der Waals surface area contributed by atoms with Gasteiger partial charge in [-0.1, -0.05) is 18.2 Å². The molecule has 9 heteroatoms. The molecule has 0 amide bonds. The molecule has 0 spiro atoms. The zero-order chi connectivity index (χ0) is 20.8. The van der Waals surface area contributed by atoms with Gasteiger partial charge in [0.15, 0.2) is 5.82 Å². The number of benzene rings is 1. The minimum Gasteiger partial charge on any atom is -0.310 e. The molecule has 9 nitrogen and oxygen atoms in total. The number of hydrogen-bond donors (Lipinski definition) is 0. The molecule has 0 radical (unpaired) electrons. The summed E-state index contributed by atoms with van der Waals surface area (Å²) < 4.78 is 1.70. The Morgan fingerprint density at radius 2 is 1.77 bits per heavy atom. The predicted octanol–water partition coefficient (Wildman–Crippen LogP) is 3.04. The first-order valence-corrected chi connectivity index (χ1v) is 9.97. The van der Waals surface area contributed by atoms with Crippen LogP contribution < -0.4 is 4.90 Å². The molecule has 0 aliphatic carbocycles. The van der Waals surface area contributed by atoms with E-state index >= 15 is 0 Å². The number of fused-ring (bicyclic) bond motifs is 2. The van der Waals surface area contributed by atoms with Gasteiger partial charge in [-0.2, -0.15) is 9.50 Å². The Morgan fingerprint density at radius 1 is 0.903 bits per heavy atom. The zero-order valence-corrected chi connectivity index (χ0v) is 16.7. The van der Waals surface area contributed by atoms with E-state index in [-0.39, 0.29) is 0 Å². The monoisotopic (exact) mass is 407 g/mol. The molecular formula is C22H17N9. The Bertz CT molecular complexity index is 1410. The smallest absolute Gasteiger partial charge is 0.272 e. The van der Waals surface area contributed by atoms with E-state index in [0.29, 0.717) is 28.9 Å². The highest BCUT2D eigenvalue weighted by atomic mass is 15.4. The first kappa shape index (κ1) is 17.6. The summed E-state index contributed by atoms with van der Waals surface area (Å²) in [6.07, 6.45) is 6.16. The third kappa shape index (κ3) is 2.90. The fraction of sp³-hybridized carbons (Fsp3) is 0.136. The molecule has 5 heterocycles. The van der Waals surface area contributed by atoms with Gasteiger partial charge < -0.3 is 4.90 Å². The van der Waals surface area contributed by atoms with Gasteiger partial charge in [-0.05, 0) is 43.2 Å². The van der Waals surface area contributed by atoms with Crippen molar-refractivity contribution < 1.29 is 0 Å². The van der Waals surface area contributed by atoms with Crippen LogP contribution in [0.5, 0.6) is 0 Å². The minimum atomic E-state index is 0.441. The van der Waals surface area contributed by atoms with Gasteiger partial charge in [0.2, 0.25) is 5.95 Å². The molecule has 1 aromatic carbocycles. The molecular weight excluding hydrogens is 390 g/mol. The van der Waals surface area contributed by atoms with Crippen LogP contribution in [0.25, 0.3) is 28.6 Å². The summed E-state index contributed by atoms with van der Waals surface area (Å²) in [6, 6.07) is 13.9. The van der Waals surface area contributed by atoms with Crippen molar-refractivity contribution in [3.8, 4) is 22.8 Å². The number of nitrogens with zero attached hydrogens (tertiary/aromatic N) is 9. The first-order chi connectivity index (χ1) is 15.3. The predicted molar refractivity (Wildman–Crippen MR) is 115 cm³/mol. The van der Waals surface area contributed by atoms with Crippen molar-refractivity contribution in [2.24, 2.45) is 0 Å². The standard InChI is InChI=1S/C22H17N9/c1-14-19(27-28-22-26-20(29-31(14)22)16-6-10-23-11-7-16)17-8-12-24-21(25-17)30-13-9-15-4-2-3-5-18(15)30/h2-8,10-12H,9,13H2,1H3. The molecule has 6 rings (SSSR count). The van der Waals surface area contributed by atoms with E-state index in [9.17, 15) is 0 Å². The average molecular weight is 407 g/mol. The van der Waals surface area contributed by atoms with Gasteiger partial charge in [0, 0.05) is 36.4 Å². The van der Waals surface area contributed by atoms with E-state index in [4.69, 9.17) is 4.98 Å². The lowest BCUT2D eigenvalue weighted by atomic mass is 10.2. The molecule has 4 aromatic heterocycles. The topological polar surface area (TPSA) is 97.9 Å². The molecule has 0 bridgehead atoms. The summed E-state index contributed by atoms with van der Waals surface area (Å²) in [5, 5.41) is 13.3. The summed E-state index contributed by atoms with van der Waals surface area (Å²) >= 11 is 0. The van der Waals surface area contributed by atoms with Crippen molar-refractivity contribution >= 4 is 17.4 Å². The van der Waals surface area contributed by atoms with Crippen LogP contribution in [0.15, 0.2) is 61.1 Å². The van der Waals surface area contributed by atoms with Crippen LogP contribution in [0.3, 0.4) is 0 Å². The number of rotatable bonds is 3. The minimum absolute atomic E-state index is 0.441. The second kappa shape index (κ2) is 6.91. The van der Waals surface area contributed by atoms with Crippen molar-refractivity contribution in [2.45, 2.75) is 13.3 Å². The highest BCUT2D eigenvalue weighted by Crippen LogP contribution is 2.33. The van der Waals surface area contributed by atoms with Gasteiger partial charge in [-0.3, -0.25) is 4.98 Å². The van der Waals surface area contributed by atoms with Crippen LogP contribution in [0.4, 0.5) is 11.6 Å². The zero-order valence-electron chi connectivity index (χ0n) is 16.7. The lowest BCUT2D eigenvalue weighted by Gasteiger charge is -2.17. The van der Waals surface area contributed by atoms with Crippen molar-refractivity contribution in [1.29, 1.82) is 0 Å². The van der Waals surface area contributed by atoms with E-state index in [1.807, 2.05) is 31.2 Å². The number of pyridine rings is 1. The molecule has 0 unspecified atom stereocenters. The average Bonchev–Trinajstić information content (AvgIpc) is 3.45. The highest BCUT2D eigenvalue weighted by molar-refractivity contribution is 5.67. The number of aromatic nitrogens is 8. The van der Waals surface area contributed by atoms with Crippen molar-refractivity contribution in [2.75, 3.05) is 11.4 Å². The second-order valence-electron chi connectivity index (χ2n) is 7.29. The van der Waals surface area contributed by atoms with Crippen LogP contribution in [0.1, 0.15) is 11.3 Å². The normalized spacial score (nSPS) is 13.0. The molecule has 1 aliphatic rings. The third-order valence-electron chi connectivity index (χ3n) is 5.44. The second-order valence-corrected chi connectivity index (χ2v) is 7.29. The summed E-state index contributed by atoms with van der Waals surface area (Å²) in [6.45, 7) is 2.79. The Hall–Kier alpha value is -4.27. The van der Waals surface area contributed by atoms with E-state index in [2.05, 4.69) is 53.3 Å². The molecule has 31 heavy (non-hydrogen) atoms. The number of para-hydroxylation sites is 1. The molecule has 0 N–H and O–H groups in total. The number of hydrogen-bond acceptors (Lipinski definition) is 8. The van der Waals surface area contributed by atoms with Gasteiger partial charge in [0.05, 0.1) is 11.4 Å². The van der Waals surface area contributed by atoms with Crippen LogP contribution in [0, 0.1) is 6.92 Å². The Labute approximate surface area is 177 Å². The summed E-state index contributed by atoms with van der Waals surface area (Å²) in [5.41, 5.74) is 5.48. The summed E-state index contributed by atoms with van der Waals surface area (Å²) in [4.78, 5) is 20.0. The molecule has 0 atom stereocenters. The number of anilines is 2. The highest BCUT2D eigenvalue weighted by Gasteiger charge is 2.23. The van der Waals surface area contributed by atoms with Crippen molar-refractivity contribution in [1.82, 2.24) is 39.7 Å². The fourth-order valence-electron chi connectivity index (χ4n) is 3.88. The van der Waals surface area contributed by atoms with Crippen LogP contribution >= 0.6 is 0 Å². The molecule has 0 saturated heterocycles. The van der Waals surface area contributed by atoms with Crippen LogP contribution in [-0.4, -0.2) is 46.3 Å². The van der Waals surface area contributed by atoms with Gasteiger partial charge in [-0.25, -0.2) is 9.97 Å². The van der Waals surface area contributed by atoms with Gasteiger partial charge >= 0.3 is 0 Å². The van der Waals surface area contributed by atoms with Crippen molar-refractivity contribution in [3.63, 3.8) is 0 Å². The van der Waals surface area contributed by atoms with Crippen LogP contribution in [-0.2, 0) is 6.42 Å². The molecule has 0 saturated carbocycles. The number of aryl methyl sites for hydroxylation is 1. The summed E-state index contributed by atoms with van der Waals surface area (Å²) in [7, 11) is 0. The first-order valence-electron chi connectivity index (χ1n) is 9.97. The van der Waals surface area contributed by atoms with Crippen molar-refractivity contribution in [3.05, 3.63) is 72.3 Å². The Kier molecular flexibility index (Phi) is 3.92. The SMILES string of the molecule is Cc1c(-c2ccnc(N3CCc4ccccc43)n2)nnc2nc(-c3ccncc3)nn12. The molecule has 5 aromatic rings.